The number of carbonyl (C=O) groups is 2. The molecule has 0 aliphatic heterocycles. The highest BCUT2D eigenvalue weighted by atomic mass is 32.1. The summed E-state index contributed by atoms with van der Waals surface area (Å²) in [6.45, 7) is 7.12. The molecule has 0 bridgehead atoms. The van der Waals surface area contributed by atoms with Crippen molar-refractivity contribution in [3.63, 3.8) is 0 Å². The van der Waals surface area contributed by atoms with Gasteiger partial charge in [-0.1, -0.05) is 20.8 Å². The van der Waals surface area contributed by atoms with Crippen molar-refractivity contribution in [2.24, 2.45) is 0 Å². The molecular formula is C12H12F2O2S. The van der Waals surface area contributed by atoms with E-state index in [0.717, 1.165) is 0 Å². The molecule has 0 atom stereocenters. The van der Waals surface area contributed by atoms with Gasteiger partial charge in [-0.15, -0.1) is 11.3 Å². The maximum Gasteiger partial charge on any atom is 0.371 e. The van der Waals surface area contributed by atoms with Gasteiger partial charge in [-0.25, -0.2) is 0 Å². The summed E-state index contributed by atoms with van der Waals surface area (Å²) in [6, 6.07) is 0. The van der Waals surface area contributed by atoms with E-state index in [0.29, 0.717) is 9.75 Å². The summed E-state index contributed by atoms with van der Waals surface area (Å²) in [6.07, 6.45) is 0. The van der Waals surface area contributed by atoms with E-state index in [-0.39, 0.29) is 11.1 Å². The molecule has 0 radical (unpaired) electrons. The number of alkyl halides is 2. The lowest BCUT2D eigenvalue weighted by Gasteiger charge is -2.18. The van der Waals surface area contributed by atoms with Gasteiger partial charge in [0.05, 0.1) is 5.56 Å². The van der Waals surface area contributed by atoms with E-state index in [9.17, 15) is 18.4 Å². The third kappa shape index (κ3) is 1.48. The Morgan fingerprint density at radius 2 is 1.53 bits per heavy atom. The Kier molecular flexibility index (Phi) is 2.34. The van der Waals surface area contributed by atoms with Crippen molar-refractivity contribution in [2.45, 2.75) is 39.0 Å². The molecule has 0 saturated heterocycles. The molecule has 1 heterocycles. The molecule has 1 aromatic rings. The van der Waals surface area contributed by atoms with E-state index in [4.69, 9.17) is 0 Å². The zero-order valence-corrected chi connectivity index (χ0v) is 10.8. The molecule has 2 nitrogen and oxygen atoms in total. The average Bonchev–Trinajstić information content (AvgIpc) is 2.59. The third-order valence-electron chi connectivity index (χ3n) is 2.79. The van der Waals surface area contributed by atoms with Crippen LogP contribution in [0.25, 0.3) is 0 Å². The fraction of sp³-hybridized carbons (Fsp3) is 0.500. The van der Waals surface area contributed by atoms with Crippen molar-refractivity contribution in [2.75, 3.05) is 0 Å². The molecule has 0 aromatic carbocycles. The molecule has 5 heteroatoms. The minimum atomic E-state index is -3.87. The second-order valence-corrected chi connectivity index (χ2v) is 6.44. The highest BCUT2D eigenvalue weighted by Crippen LogP contribution is 2.45. The lowest BCUT2D eigenvalue weighted by Crippen LogP contribution is -2.31. The first-order chi connectivity index (χ1) is 7.58. The van der Waals surface area contributed by atoms with Crippen LogP contribution in [0.5, 0.6) is 0 Å². The predicted octanol–water partition coefficient (Wildman–Crippen LogP) is 3.37. The lowest BCUT2D eigenvalue weighted by molar-refractivity contribution is 0.0188. The van der Waals surface area contributed by atoms with Crippen LogP contribution in [0.4, 0.5) is 8.78 Å². The number of rotatable bonds is 0. The largest absolute Gasteiger partial charge is 0.371 e. The number of hydrogen-bond acceptors (Lipinski definition) is 3. The Bertz CT molecular complexity index is 535. The topological polar surface area (TPSA) is 34.1 Å². The van der Waals surface area contributed by atoms with Crippen LogP contribution < -0.4 is 0 Å². The smallest absolute Gasteiger partial charge is 0.287 e. The van der Waals surface area contributed by atoms with Gasteiger partial charge >= 0.3 is 5.92 Å². The number of aryl methyl sites for hydroxylation is 1. The second kappa shape index (κ2) is 3.22. The van der Waals surface area contributed by atoms with E-state index in [1.807, 2.05) is 20.8 Å². The summed E-state index contributed by atoms with van der Waals surface area (Å²) in [5, 5.41) is 0. The maximum absolute atomic E-state index is 13.4. The number of thiophene rings is 1. The molecule has 2 rings (SSSR count). The first-order valence-corrected chi connectivity index (χ1v) is 6.01. The third-order valence-corrected chi connectivity index (χ3v) is 4.32. The van der Waals surface area contributed by atoms with Gasteiger partial charge in [-0.05, 0) is 12.3 Å². The van der Waals surface area contributed by atoms with Crippen LogP contribution in [0.15, 0.2) is 0 Å². The van der Waals surface area contributed by atoms with Gasteiger partial charge in [0, 0.05) is 15.3 Å². The zero-order valence-electron chi connectivity index (χ0n) is 9.98. The molecular weight excluding hydrogens is 246 g/mol. The van der Waals surface area contributed by atoms with Gasteiger partial charge in [-0.2, -0.15) is 8.78 Å². The standard InChI is InChI=1S/C12H12F2O2S/c1-5-6-7(10(17-5)11(2,3)4)9(16)12(13,14)8(6)15/h1-4H3. The van der Waals surface area contributed by atoms with E-state index < -0.39 is 22.9 Å². The van der Waals surface area contributed by atoms with E-state index in [1.165, 1.54) is 11.3 Å². The van der Waals surface area contributed by atoms with Crippen LogP contribution in [0.2, 0.25) is 0 Å². The summed E-state index contributed by atoms with van der Waals surface area (Å²) in [7, 11) is 0. The first-order valence-electron chi connectivity index (χ1n) is 5.19. The minimum absolute atomic E-state index is 0.0602. The highest BCUT2D eigenvalue weighted by molar-refractivity contribution is 7.13. The zero-order chi connectivity index (χ0) is 13.2. The minimum Gasteiger partial charge on any atom is -0.287 e. The molecule has 0 spiro atoms. The Morgan fingerprint density at radius 1 is 1.06 bits per heavy atom. The van der Waals surface area contributed by atoms with Crippen LogP contribution >= 0.6 is 11.3 Å². The van der Waals surface area contributed by atoms with E-state index in [2.05, 4.69) is 0 Å². The Morgan fingerprint density at radius 3 is 2.00 bits per heavy atom. The molecule has 0 saturated carbocycles. The fourth-order valence-electron chi connectivity index (χ4n) is 1.98. The van der Waals surface area contributed by atoms with Crippen LogP contribution in [0, 0.1) is 6.92 Å². The molecule has 0 fully saturated rings. The Labute approximate surface area is 102 Å². The molecule has 1 aromatic heterocycles. The molecule has 92 valence electrons. The monoisotopic (exact) mass is 258 g/mol. The number of ketones is 2. The van der Waals surface area contributed by atoms with Crippen molar-refractivity contribution in [3.8, 4) is 0 Å². The van der Waals surface area contributed by atoms with E-state index in [1.54, 1.807) is 6.92 Å². The molecule has 17 heavy (non-hydrogen) atoms. The van der Waals surface area contributed by atoms with Crippen molar-refractivity contribution in [3.05, 3.63) is 20.9 Å². The van der Waals surface area contributed by atoms with Crippen LogP contribution in [-0.2, 0) is 5.41 Å². The summed E-state index contributed by atoms with van der Waals surface area (Å²) in [5.41, 5.74) is -0.552. The molecule has 1 aliphatic carbocycles. The predicted molar refractivity (Wildman–Crippen MR) is 61.4 cm³/mol. The van der Waals surface area contributed by atoms with Crippen LogP contribution in [-0.4, -0.2) is 17.5 Å². The number of Topliss-reactive ketones (excluding diaryl/α,β-unsaturated/α-hetero) is 2. The van der Waals surface area contributed by atoms with Gasteiger partial charge in [0.1, 0.15) is 0 Å². The molecule has 0 unspecified atom stereocenters. The van der Waals surface area contributed by atoms with Crippen molar-refractivity contribution >= 4 is 22.9 Å². The fourth-order valence-corrected chi connectivity index (χ4v) is 3.19. The van der Waals surface area contributed by atoms with Gasteiger partial charge < -0.3 is 0 Å². The SMILES string of the molecule is Cc1sc(C(C)(C)C)c2c1C(=O)C(F)(F)C2=O. The Balaban J connectivity index is 2.78. The summed E-state index contributed by atoms with van der Waals surface area (Å²) in [4.78, 5) is 24.2. The van der Waals surface area contributed by atoms with Crippen molar-refractivity contribution in [1.29, 1.82) is 0 Å². The van der Waals surface area contributed by atoms with Crippen molar-refractivity contribution in [1.82, 2.24) is 0 Å². The highest BCUT2D eigenvalue weighted by Gasteiger charge is 2.58. The summed E-state index contributed by atoms with van der Waals surface area (Å²) < 4.78 is 26.8. The lowest BCUT2D eigenvalue weighted by atomic mass is 9.90. The Hall–Kier alpha value is -1.10. The van der Waals surface area contributed by atoms with Gasteiger partial charge in [-0.3, -0.25) is 9.59 Å². The molecule has 0 N–H and O–H groups in total. The van der Waals surface area contributed by atoms with Gasteiger partial charge in [0.2, 0.25) is 11.6 Å². The first kappa shape index (κ1) is 12.4. The van der Waals surface area contributed by atoms with Crippen LogP contribution in [0.1, 0.15) is 51.2 Å². The number of fused-ring (bicyclic) bond motifs is 1. The van der Waals surface area contributed by atoms with Crippen molar-refractivity contribution < 1.29 is 18.4 Å². The number of carbonyl (C=O) groups excluding carboxylic acids is 2. The average molecular weight is 258 g/mol. The summed E-state index contributed by atoms with van der Waals surface area (Å²) in [5.74, 6) is -6.56. The number of halogens is 2. The quantitative estimate of drug-likeness (QED) is 0.669. The van der Waals surface area contributed by atoms with Crippen LogP contribution in [0.3, 0.4) is 0 Å². The van der Waals surface area contributed by atoms with Gasteiger partial charge in [0.15, 0.2) is 0 Å². The number of hydrogen-bond donors (Lipinski definition) is 0. The molecule has 1 aliphatic rings. The summed E-state index contributed by atoms with van der Waals surface area (Å²) >= 11 is 1.26. The normalized spacial score (nSPS) is 18.7. The van der Waals surface area contributed by atoms with E-state index >= 15 is 0 Å². The van der Waals surface area contributed by atoms with Gasteiger partial charge in [0.25, 0.3) is 0 Å². The maximum atomic E-state index is 13.4. The second-order valence-electron chi connectivity index (χ2n) is 5.22. The molecule has 0 amide bonds.